The number of hydrogen-bond donors (Lipinski definition) is 2. The molecule has 1 atom stereocenters. The Morgan fingerprint density at radius 2 is 1.97 bits per heavy atom. The normalized spacial score (nSPS) is 17.7. The summed E-state index contributed by atoms with van der Waals surface area (Å²) in [4.78, 5) is 35.5. The summed E-state index contributed by atoms with van der Waals surface area (Å²) in [5.41, 5.74) is 4.32. The third-order valence-electron chi connectivity index (χ3n) is 5.24. The molecule has 0 amide bonds. The number of carbonyl (C=O) groups is 1. The fraction of sp³-hybridized carbons (Fsp3) is 0.429. The van der Waals surface area contributed by atoms with Gasteiger partial charge in [0.1, 0.15) is 36.1 Å². The SMILES string of the molecule is CCO/N=C(/N)C1CN(c2c(F)cc3c(=O)c(C(=O)O)cn(CC)c3c2F)C/C1=N/OCC. The van der Waals surface area contributed by atoms with E-state index in [-0.39, 0.29) is 55.3 Å². The van der Waals surface area contributed by atoms with Crippen LogP contribution >= 0.6 is 0 Å². The van der Waals surface area contributed by atoms with Crippen LogP contribution in [0.3, 0.4) is 0 Å². The van der Waals surface area contributed by atoms with E-state index in [1.54, 1.807) is 20.8 Å². The lowest BCUT2D eigenvalue weighted by molar-refractivity contribution is 0.0694. The van der Waals surface area contributed by atoms with Crippen molar-refractivity contribution in [2.75, 3.05) is 31.2 Å². The second-order valence-corrected chi connectivity index (χ2v) is 7.25. The molecule has 3 rings (SSSR count). The maximum Gasteiger partial charge on any atom is 0.341 e. The van der Waals surface area contributed by atoms with Crippen LogP contribution in [0.5, 0.6) is 0 Å². The molecular formula is C21H25F2N5O5. The predicted octanol–water partition coefficient (Wildman–Crippen LogP) is 2.14. The lowest BCUT2D eigenvalue weighted by Gasteiger charge is -2.21. The zero-order valence-electron chi connectivity index (χ0n) is 18.5. The molecule has 1 aromatic heterocycles. The Hall–Kier alpha value is -3.70. The highest BCUT2D eigenvalue weighted by atomic mass is 19.1. The molecule has 3 N–H and O–H groups in total. The van der Waals surface area contributed by atoms with Gasteiger partial charge in [-0.1, -0.05) is 10.3 Å². The van der Waals surface area contributed by atoms with Crippen LogP contribution in [0.15, 0.2) is 27.4 Å². The quantitative estimate of drug-likeness (QED) is 0.347. The molecule has 0 saturated carbocycles. The number of aryl methyl sites for hydroxylation is 1. The minimum Gasteiger partial charge on any atom is -0.477 e. The van der Waals surface area contributed by atoms with Crippen molar-refractivity contribution in [3.05, 3.63) is 39.7 Å². The highest BCUT2D eigenvalue weighted by molar-refractivity contribution is 6.10. The number of carboxylic acid groups (broad SMARTS) is 1. The van der Waals surface area contributed by atoms with Crippen molar-refractivity contribution in [2.45, 2.75) is 27.3 Å². The number of benzene rings is 1. The zero-order chi connectivity index (χ0) is 24.3. The number of rotatable bonds is 8. The van der Waals surface area contributed by atoms with Crippen LogP contribution in [-0.4, -0.2) is 53.5 Å². The number of nitrogens with two attached hydrogens (primary N) is 1. The van der Waals surface area contributed by atoms with E-state index in [0.29, 0.717) is 5.71 Å². The van der Waals surface area contributed by atoms with Gasteiger partial charge in [0.2, 0.25) is 5.43 Å². The molecule has 33 heavy (non-hydrogen) atoms. The van der Waals surface area contributed by atoms with Gasteiger partial charge in [0.25, 0.3) is 0 Å². The Kier molecular flexibility index (Phi) is 7.14. The molecule has 1 fully saturated rings. The van der Waals surface area contributed by atoms with Crippen molar-refractivity contribution in [3.63, 3.8) is 0 Å². The molecule has 12 heteroatoms. The van der Waals surface area contributed by atoms with E-state index in [4.69, 9.17) is 15.4 Å². The van der Waals surface area contributed by atoms with Crippen LogP contribution in [0.2, 0.25) is 0 Å². The highest BCUT2D eigenvalue weighted by Crippen LogP contribution is 2.33. The molecule has 1 saturated heterocycles. The molecule has 178 valence electrons. The Labute approximate surface area is 187 Å². The van der Waals surface area contributed by atoms with Crippen molar-refractivity contribution in [2.24, 2.45) is 22.0 Å². The minimum absolute atomic E-state index is 0.00404. The number of amidine groups is 1. The monoisotopic (exact) mass is 465 g/mol. The zero-order valence-corrected chi connectivity index (χ0v) is 18.5. The molecule has 0 spiro atoms. The van der Waals surface area contributed by atoms with Gasteiger partial charge in [-0.05, 0) is 26.8 Å². The van der Waals surface area contributed by atoms with E-state index in [2.05, 4.69) is 10.3 Å². The molecule has 1 aromatic carbocycles. The molecule has 0 bridgehead atoms. The van der Waals surface area contributed by atoms with Gasteiger partial charge in [-0.2, -0.15) is 0 Å². The summed E-state index contributed by atoms with van der Waals surface area (Å²) in [5.74, 6) is -4.01. The number of aromatic carboxylic acids is 1. The van der Waals surface area contributed by atoms with Crippen molar-refractivity contribution in [1.29, 1.82) is 0 Å². The number of nitrogens with zero attached hydrogens (tertiary/aromatic N) is 4. The van der Waals surface area contributed by atoms with E-state index >= 15 is 8.78 Å². The molecule has 1 aliphatic heterocycles. The lowest BCUT2D eigenvalue weighted by Crippen LogP contribution is -2.31. The standard InChI is InChI=1S/C21H25F2N5O5/c1-4-27-9-13(21(30)31)19(29)11-7-14(22)18(16(23)17(11)27)28-8-12(20(24)26-33-6-3)15(10-28)25-32-5-2/h7,9,12H,4-6,8,10H2,1-3H3,(H2,24,26)(H,30,31)/b25-15-. The summed E-state index contributed by atoms with van der Waals surface area (Å²) in [6.45, 7) is 5.89. The predicted molar refractivity (Wildman–Crippen MR) is 119 cm³/mol. The fourth-order valence-electron chi connectivity index (χ4n) is 3.74. The first-order valence-corrected chi connectivity index (χ1v) is 10.4. The second kappa shape index (κ2) is 9.84. The molecule has 10 nitrogen and oxygen atoms in total. The third-order valence-corrected chi connectivity index (χ3v) is 5.24. The average molecular weight is 465 g/mol. The highest BCUT2D eigenvalue weighted by Gasteiger charge is 2.36. The van der Waals surface area contributed by atoms with E-state index in [1.807, 2.05) is 0 Å². The number of hydrogen-bond acceptors (Lipinski definition) is 7. The van der Waals surface area contributed by atoms with Gasteiger partial charge in [-0.25, -0.2) is 13.6 Å². The molecule has 2 aromatic rings. The maximum absolute atomic E-state index is 15.7. The van der Waals surface area contributed by atoms with Crippen LogP contribution in [0.1, 0.15) is 31.1 Å². The van der Waals surface area contributed by atoms with Crippen LogP contribution in [0.4, 0.5) is 14.5 Å². The van der Waals surface area contributed by atoms with Crippen molar-refractivity contribution in [3.8, 4) is 0 Å². The molecule has 0 radical (unpaired) electrons. The average Bonchev–Trinajstić information content (AvgIpc) is 3.20. The summed E-state index contributed by atoms with van der Waals surface area (Å²) in [6.07, 6.45) is 1.05. The van der Waals surface area contributed by atoms with Crippen molar-refractivity contribution >= 4 is 34.1 Å². The van der Waals surface area contributed by atoms with Gasteiger partial charge >= 0.3 is 5.97 Å². The number of fused-ring (bicyclic) bond motifs is 1. The number of oxime groups is 2. The van der Waals surface area contributed by atoms with Gasteiger partial charge in [-0.15, -0.1) is 0 Å². The number of anilines is 1. The summed E-state index contributed by atoms with van der Waals surface area (Å²) in [6, 6.07) is 0.860. The minimum atomic E-state index is -1.47. The van der Waals surface area contributed by atoms with Gasteiger partial charge in [0, 0.05) is 19.3 Å². The van der Waals surface area contributed by atoms with E-state index in [9.17, 15) is 14.7 Å². The largest absolute Gasteiger partial charge is 0.477 e. The number of halogens is 2. The van der Waals surface area contributed by atoms with Crippen LogP contribution in [-0.2, 0) is 16.2 Å². The number of aromatic nitrogens is 1. The molecule has 2 heterocycles. The Bertz CT molecular complexity index is 1190. The van der Waals surface area contributed by atoms with Crippen LogP contribution < -0.4 is 16.1 Å². The Balaban J connectivity index is 2.16. The smallest absolute Gasteiger partial charge is 0.341 e. The fourth-order valence-corrected chi connectivity index (χ4v) is 3.74. The van der Waals surface area contributed by atoms with Crippen LogP contribution in [0.25, 0.3) is 10.9 Å². The molecule has 0 aliphatic carbocycles. The molecular weight excluding hydrogens is 440 g/mol. The van der Waals surface area contributed by atoms with Gasteiger partial charge in [-0.3, -0.25) is 4.79 Å². The van der Waals surface area contributed by atoms with Crippen molar-refractivity contribution in [1.82, 2.24) is 4.57 Å². The third kappa shape index (κ3) is 4.45. The number of carboxylic acids is 1. The molecule has 1 aliphatic rings. The second-order valence-electron chi connectivity index (χ2n) is 7.25. The Morgan fingerprint density at radius 1 is 1.27 bits per heavy atom. The first kappa shape index (κ1) is 24.0. The topological polar surface area (TPSA) is 132 Å². The lowest BCUT2D eigenvalue weighted by atomic mass is 10.1. The van der Waals surface area contributed by atoms with Gasteiger partial charge in [0.05, 0.1) is 29.1 Å². The van der Waals surface area contributed by atoms with E-state index < -0.39 is 34.5 Å². The first-order valence-electron chi connectivity index (χ1n) is 10.4. The van der Waals surface area contributed by atoms with Gasteiger partial charge in [0.15, 0.2) is 5.82 Å². The summed E-state index contributed by atoms with van der Waals surface area (Å²) in [7, 11) is 0. The maximum atomic E-state index is 15.7. The first-order chi connectivity index (χ1) is 15.7. The number of pyridine rings is 1. The van der Waals surface area contributed by atoms with E-state index in [1.165, 1.54) is 9.47 Å². The Morgan fingerprint density at radius 3 is 2.58 bits per heavy atom. The summed E-state index contributed by atoms with van der Waals surface area (Å²) >= 11 is 0. The van der Waals surface area contributed by atoms with Crippen molar-refractivity contribution < 1.29 is 28.4 Å². The summed E-state index contributed by atoms with van der Waals surface area (Å²) < 4.78 is 32.1. The van der Waals surface area contributed by atoms with Crippen LogP contribution in [0, 0.1) is 17.6 Å². The molecule has 1 unspecified atom stereocenters. The summed E-state index contributed by atoms with van der Waals surface area (Å²) in [5, 5.41) is 16.8. The van der Waals surface area contributed by atoms with E-state index in [0.717, 1.165) is 12.3 Å². The van der Waals surface area contributed by atoms with Gasteiger partial charge < -0.3 is 30.0 Å².